The van der Waals surface area contributed by atoms with E-state index in [0.717, 1.165) is 18.4 Å². The molecule has 0 atom stereocenters. The summed E-state index contributed by atoms with van der Waals surface area (Å²) in [5, 5.41) is 0. The molecule has 0 radical (unpaired) electrons. The standard InChI is InChI=1S/C17H24O3/c1-4-5-11-19-13-16(17(18)20-14(2)3)12-15-9-7-6-8-10-15/h6-10,12,14H,4-5,11,13H2,1-3H3. The molecule has 0 saturated heterocycles. The minimum absolute atomic E-state index is 0.127. The molecule has 0 spiro atoms. The first-order chi connectivity index (χ1) is 9.63. The molecule has 1 aromatic carbocycles. The van der Waals surface area contributed by atoms with E-state index in [0.29, 0.717) is 18.8 Å². The Bertz CT molecular complexity index is 421. The van der Waals surface area contributed by atoms with Crippen LogP contribution in [0.1, 0.15) is 39.2 Å². The molecular weight excluding hydrogens is 252 g/mol. The first-order valence-corrected chi connectivity index (χ1v) is 7.17. The summed E-state index contributed by atoms with van der Waals surface area (Å²) < 4.78 is 10.8. The lowest BCUT2D eigenvalue weighted by molar-refractivity contribution is -0.143. The van der Waals surface area contributed by atoms with Gasteiger partial charge < -0.3 is 9.47 Å². The highest BCUT2D eigenvalue weighted by molar-refractivity contribution is 5.94. The van der Waals surface area contributed by atoms with E-state index in [2.05, 4.69) is 6.92 Å². The van der Waals surface area contributed by atoms with E-state index in [4.69, 9.17) is 9.47 Å². The predicted molar refractivity (Wildman–Crippen MR) is 81.4 cm³/mol. The van der Waals surface area contributed by atoms with Gasteiger partial charge in [-0.3, -0.25) is 0 Å². The lowest BCUT2D eigenvalue weighted by atomic mass is 10.1. The largest absolute Gasteiger partial charge is 0.460 e. The lowest BCUT2D eigenvalue weighted by Gasteiger charge is -2.11. The molecule has 0 aliphatic rings. The topological polar surface area (TPSA) is 35.5 Å². The van der Waals surface area contributed by atoms with Crippen LogP contribution >= 0.6 is 0 Å². The summed E-state index contributed by atoms with van der Waals surface area (Å²) in [5.74, 6) is -0.305. The van der Waals surface area contributed by atoms with E-state index in [1.807, 2.05) is 50.3 Å². The number of hydrogen-bond acceptors (Lipinski definition) is 3. The number of ether oxygens (including phenoxy) is 2. The van der Waals surface area contributed by atoms with Crippen LogP contribution in [0.25, 0.3) is 6.08 Å². The molecular formula is C17H24O3. The van der Waals surface area contributed by atoms with Crippen molar-refractivity contribution in [3.8, 4) is 0 Å². The Balaban J connectivity index is 2.73. The van der Waals surface area contributed by atoms with Crippen LogP contribution < -0.4 is 0 Å². The predicted octanol–water partition coefficient (Wildman–Crippen LogP) is 3.84. The fourth-order valence-electron chi connectivity index (χ4n) is 1.63. The van der Waals surface area contributed by atoms with Gasteiger partial charge in [0, 0.05) is 6.61 Å². The normalized spacial score (nSPS) is 11.7. The van der Waals surface area contributed by atoms with Gasteiger partial charge in [0.15, 0.2) is 0 Å². The maximum atomic E-state index is 12.1. The SMILES string of the molecule is CCCCOCC(=Cc1ccccc1)C(=O)OC(C)C. The third-order valence-electron chi connectivity index (χ3n) is 2.65. The quantitative estimate of drug-likeness (QED) is 0.411. The van der Waals surface area contributed by atoms with Gasteiger partial charge in [-0.1, -0.05) is 43.7 Å². The van der Waals surface area contributed by atoms with Gasteiger partial charge in [0.25, 0.3) is 0 Å². The van der Waals surface area contributed by atoms with E-state index in [-0.39, 0.29) is 12.1 Å². The Morgan fingerprint density at radius 2 is 1.95 bits per heavy atom. The molecule has 0 saturated carbocycles. The van der Waals surface area contributed by atoms with Gasteiger partial charge in [0.05, 0.1) is 18.3 Å². The number of carbonyl (C=O) groups is 1. The maximum absolute atomic E-state index is 12.1. The van der Waals surface area contributed by atoms with Crippen molar-refractivity contribution in [3.05, 3.63) is 41.5 Å². The fourth-order valence-corrected chi connectivity index (χ4v) is 1.63. The summed E-state index contributed by atoms with van der Waals surface area (Å²) in [6, 6.07) is 9.73. The van der Waals surface area contributed by atoms with Gasteiger partial charge in [-0.15, -0.1) is 0 Å². The van der Waals surface area contributed by atoms with E-state index in [1.54, 1.807) is 0 Å². The molecule has 0 N–H and O–H groups in total. The average molecular weight is 276 g/mol. The van der Waals surface area contributed by atoms with Crippen molar-refractivity contribution in [3.63, 3.8) is 0 Å². The molecule has 0 bridgehead atoms. The monoisotopic (exact) mass is 276 g/mol. The van der Waals surface area contributed by atoms with Crippen LogP contribution in [0.5, 0.6) is 0 Å². The van der Waals surface area contributed by atoms with Crippen molar-refractivity contribution in [1.29, 1.82) is 0 Å². The summed E-state index contributed by atoms with van der Waals surface area (Å²) in [7, 11) is 0. The number of hydrogen-bond donors (Lipinski definition) is 0. The zero-order valence-corrected chi connectivity index (χ0v) is 12.6. The molecule has 0 fully saturated rings. The zero-order valence-electron chi connectivity index (χ0n) is 12.6. The molecule has 1 aromatic rings. The third-order valence-corrected chi connectivity index (χ3v) is 2.65. The van der Waals surface area contributed by atoms with E-state index < -0.39 is 0 Å². The Labute approximate surface area is 121 Å². The summed E-state index contributed by atoms with van der Waals surface area (Å²) in [6.45, 7) is 6.75. The molecule has 3 nitrogen and oxygen atoms in total. The number of benzene rings is 1. The number of carbonyl (C=O) groups excluding carboxylic acids is 1. The molecule has 110 valence electrons. The Hall–Kier alpha value is -1.61. The molecule has 0 amide bonds. The highest BCUT2D eigenvalue weighted by Crippen LogP contribution is 2.10. The fraction of sp³-hybridized carbons (Fsp3) is 0.471. The van der Waals surface area contributed by atoms with Gasteiger partial charge in [-0.05, 0) is 31.9 Å². The average Bonchev–Trinajstić information content (AvgIpc) is 2.42. The van der Waals surface area contributed by atoms with Crippen molar-refractivity contribution in [1.82, 2.24) is 0 Å². The van der Waals surface area contributed by atoms with Gasteiger partial charge in [0.2, 0.25) is 0 Å². The second-order valence-electron chi connectivity index (χ2n) is 4.94. The Morgan fingerprint density at radius 1 is 1.25 bits per heavy atom. The summed E-state index contributed by atoms with van der Waals surface area (Å²) in [6.07, 6.45) is 3.78. The molecule has 0 aliphatic heterocycles. The molecule has 20 heavy (non-hydrogen) atoms. The first-order valence-electron chi connectivity index (χ1n) is 7.17. The van der Waals surface area contributed by atoms with Gasteiger partial charge >= 0.3 is 5.97 Å². The lowest BCUT2D eigenvalue weighted by Crippen LogP contribution is -2.17. The van der Waals surface area contributed by atoms with Gasteiger partial charge in [-0.25, -0.2) is 4.79 Å². The molecule has 0 heterocycles. The van der Waals surface area contributed by atoms with Crippen molar-refractivity contribution in [2.24, 2.45) is 0 Å². The van der Waals surface area contributed by atoms with E-state index in [9.17, 15) is 4.79 Å². The van der Waals surface area contributed by atoms with E-state index >= 15 is 0 Å². The van der Waals surface area contributed by atoms with Crippen molar-refractivity contribution in [2.45, 2.75) is 39.7 Å². The van der Waals surface area contributed by atoms with Crippen LogP contribution in [0.4, 0.5) is 0 Å². The molecule has 3 heteroatoms. The number of esters is 1. The Kier molecular flexibility index (Phi) is 7.66. The summed E-state index contributed by atoms with van der Waals surface area (Å²) in [5.41, 5.74) is 1.53. The highest BCUT2D eigenvalue weighted by Gasteiger charge is 2.13. The van der Waals surface area contributed by atoms with Crippen LogP contribution in [-0.4, -0.2) is 25.3 Å². The molecule has 0 unspecified atom stereocenters. The first kappa shape index (κ1) is 16.4. The highest BCUT2D eigenvalue weighted by atomic mass is 16.5. The number of unbranched alkanes of at least 4 members (excludes halogenated alkanes) is 1. The Morgan fingerprint density at radius 3 is 2.55 bits per heavy atom. The summed E-state index contributed by atoms with van der Waals surface area (Å²) >= 11 is 0. The summed E-state index contributed by atoms with van der Waals surface area (Å²) in [4.78, 5) is 12.1. The second-order valence-corrected chi connectivity index (χ2v) is 4.94. The van der Waals surface area contributed by atoms with Crippen LogP contribution in [0.3, 0.4) is 0 Å². The van der Waals surface area contributed by atoms with Crippen molar-refractivity contribution < 1.29 is 14.3 Å². The van der Waals surface area contributed by atoms with Gasteiger partial charge in [0.1, 0.15) is 0 Å². The third kappa shape index (κ3) is 6.53. The van der Waals surface area contributed by atoms with E-state index in [1.165, 1.54) is 0 Å². The zero-order chi connectivity index (χ0) is 14.8. The molecule has 0 aliphatic carbocycles. The molecule has 1 rings (SSSR count). The molecule has 0 aromatic heterocycles. The minimum atomic E-state index is -0.305. The number of rotatable bonds is 8. The smallest absolute Gasteiger partial charge is 0.336 e. The van der Waals surface area contributed by atoms with Crippen LogP contribution in [0.2, 0.25) is 0 Å². The second kappa shape index (κ2) is 9.32. The van der Waals surface area contributed by atoms with Crippen molar-refractivity contribution in [2.75, 3.05) is 13.2 Å². The van der Waals surface area contributed by atoms with Crippen LogP contribution in [0, 0.1) is 0 Å². The minimum Gasteiger partial charge on any atom is -0.460 e. The van der Waals surface area contributed by atoms with Crippen molar-refractivity contribution >= 4 is 12.0 Å². The van der Waals surface area contributed by atoms with Crippen LogP contribution in [0.15, 0.2) is 35.9 Å². The van der Waals surface area contributed by atoms with Gasteiger partial charge in [-0.2, -0.15) is 0 Å². The maximum Gasteiger partial charge on any atom is 0.336 e. The van der Waals surface area contributed by atoms with Crippen LogP contribution in [-0.2, 0) is 14.3 Å².